The Labute approximate surface area is 151 Å². The van der Waals surface area contributed by atoms with E-state index >= 15 is 0 Å². The number of tetrazole rings is 1. The molecule has 1 aromatic heterocycles. The quantitative estimate of drug-likeness (QED) is 0.706. The van der Waals surface area contributed by atoms with Gasteiger partial charge in [-0.3, -0.25) is 4.79 Å². The molecule has 1 atom stereocenters. The fourth-order valence-electron chi connectivity index (χ4n) is 3.21. The number of rotatable bonds is 5. The average Bonchev–Trinajstić information content (AvgIpc) is 3.23. The van der Waals surface area contributed by atoms with Gasteiger partial charge in [0, 0.05) is 11.7 Å². The van der Waals surface area contributed by atoms with E-state index in [0.29, 0.717) is 5.82 Å². The Kier molecular flexibility index (Phi) is 4.35. The molecule has 1 aliphatic heterocycles. The summed E-state index contributed by atoms with van der Waals surface area (Å²) in [7, 11) is 0. The minimum absolute atomic E-state index is 0.0459. The van der Waals surface area contributed by atoms with Gasteiger partial charge in [0.1, 0.15) is 12.3 Å². The summed E-state index contributed by atoms with van der Waals surface area (Å²) in [5.74, 6) is 1.13. The van der Waals surface area contributed by atoms with Crippen molar-refractivity contribution in [2.24, 2.45) is 0 Å². The summed E-state index contributed by atoms with van der Waals surface area (Å²) in [4.78, 5) is 15.9. The van der Waals surface area contributed by atoms with Crippen molar-refractivity contribution in [3.63, 3.8) is 0 Å². The van der Waals surface area contributed by atoms with Gasteiger partial charge >= 0.3 is 0 Å². The summed E-state index contributed by atoms with van der Waals surface area (Å²) in [6.45, 7) is 2.31. The number of carbonyl (C=O) groups excluding carboxylic acids is 1. The number of para-hydroxylation sites is 2. The molecule has 0 bridgehead atoms. The summed E-state index contributed by atoms with van der Waals surface area (Å²) < 4.78 is 5.60. The summed E-state index contributed by atoms with van der Waals surface area (Å²) in [5, 5.41) is 12.2. The smallest absolute Gasteiger partial charge is 0.250 e. The summed E-state index contributed by atoms with van der Waals surface area (Å²) in [6, 6.07) is 17.5. The van der Waals surface area contributed by atoms with E-state index in [9.17, 15) is 4.79 Å². The lowest BCUT2D eigenvalue weighted by atomic mass is 10.1. The van der Waals surface area contributed by atoms with Crippen LogP contribution in [0.2, 0.25) is 0 Å². The maximum absolute atomic E-state index is 12.7. The number of carbonyl (C=O) groups is 1. The fourth-order valence-corrected chi connectivity index (χ4v) is 3.21. The molecule has 0 radical (unpaired) electrons. The molecular weight excluding hydrogens is 330 g/mol. The molecule has 4 rings (SSSR count). The molecule has 0 N–H and O–H groups in total. The summed E-state index contributed by atoms with van der Waals surface area (Å²) in [5.41, 5.74) is 2.16. The first-order chi connectivity index (χ1) is 12.7. The van der Waals surface area contributed by atoms with Crippen LogP contribution in [0.25, 0.3) is 0 Å². The number of ether oxygens (including phenoxy) is 1. The van der Waals surface area contributed by atoms with Crippen molar-refractivity contribution < 1.29 is 9.53 Å². The lowest BCUT2D eigenvalue weighted by Gasteiger charge is -2.22. The van der Waals surface area contributed by atoms with Gasteiger partial charge in [0.15, 0.2) is 6.61 Å². The summed E-state index contributed by atoms with van der Waals surface area (Å²) >= 11 is 0. The van der Waals surface area contributed by atoms with Crippen molar-refractivity contribution in [3.8, 4) is 5.75 Å². The van der Waals surface area contributed by atoms with Crippen LogP contribution in [-0.4, -0.2) is 32.2 Å². The van der Waals surface area contributed by atoms with E-state index in [4.69, 9.17) is 4.74 Å². The van der Waals surface area contributed by atoms with E-state index in [1.807, 2.05) is 60.4 Å². The maximum Gasteiger partial charge on any atom is 0.250 e. The highest BCUT2D eigenvalue weighted by molar-refractivity contribution is 5.95. The SMILES string of the molecule is C[C@@H]1Cc2ccccc2N1C(=O)Cn1nnc(COc2ccccc2)n1. The number of aromatic nitrogens is 4. The molecule has 26 heavy (non-hydrogen) atoms. The Hall–Kier alpha value is -3.22. The van der Waals surface area contributed by atoms with Crippen molar-refractivity contribution in [2.75, 3.05) is 4.90 Å². The molecule has 2 heterocycles. The van der Waals surface area contributed by atoms with E-state index in [2.05, 4.69) is 21.5 Å². The Morgan fingerprint density at radius 1 is 1.15 bits per heavy atom. The van der Waals surface area contributed by atoms with E-state index in [-0.39, 0.29) is 25.1 Å². The molecular formula is C19H19N5O2. The monoisotopic (exact) mass is 349 g/mol. The third kappa shape index (κ3) is 3.28. The molecule has 0 saturated carbocycles. The van der Waals surface area contributed by atoms with Gasteiger partial charge in [-0.25, -0.2) is 0 Å². The molecule has 132 valence electrons. The van der Waals surface area contributed by atoms with Gasteiger partial charge < -0.3 is 9.64 Å². The van der Waals surface area contributed by atoms with Gasteiger partial charge in [0.2, 0.25) is 5.82 Å². The van der Waals surface area contributed by atoms with Gasteiger partial charge in [-0.15, -0.1) is 10.2 Å². The first-order valence-electron chi connectivity index (χ1n) is 8.55. The van der Waals surface area contributed by atoms with Gasteiger partial charge in [-0.1, -0.05) is 36.4 Å². The van der Waals surface area contributed by atoms with Crippen LogP contribution in [0.15, 0.2) is 54.6 Å². The molecule has 1 amide bonds. The number of hydrogen-bond acceptors (Lipinski definition) is 5. The average molecular weight is 349 g/mol. The van der Waals surface area contributed by atoms with Gasteiger partial charge in [0.05, 0.1) is 0 Å². The van der Waals surface area contributed by atoms with E-state index in [1.165, 1.54) is 10.4 Å². The zero-order chi connectivity index (χ0) is 17.9. The molecule has 0 spiro atoms. The highest BCUT2D eigenvalue weighted by Crippen LogP contribution is 2.31. The number of fused-ring (bicyclic) bond motifs is 1. The molecule has 0 aliphatic carbocycles. The molecule has 3 aromatic rings. The highest BCUT2D eigenvalue weighted by Gasteiger charge is 2.30. The molecule has 0 saturated heterocycles. The second-order valence-electron chi connectivity index (χ2n) is 6.28. The predicted octanol–water partition coefficient (Wildman–Crippen LogP) is 2.23. The van der Waals surface area contributed by atoms with Crippen molar-refractivity contribution in [2.45, 2.75) is 32.5 Å². The molecule has 7 nitrogen and oxygen atoms in total. The number of benzene rings is 2. The van der Waals surface area contributed by atoms with Crippen LogP contribution in [0, 0.1) is 0 Å². The van der Waals surface area contributed by atoms with Crippen molar-refractivity contribution in [1.82, 2.24) is 20.2 Å². The summed E-state index contributed by atoms with van der Waals surface area (Å²) in [6.07, 6.45) is 0.864. The Balaban J connectivity index is 1.40. The number of hydrogen-bond donors (Lipinski definition) is 0. The lowest BCUT2D eigenvalue weighted by Crippen LogP contribution is -2.38. The Bertz CT molecular complexity index is 909. The first kappa shape index (κ1) is 16.3. The van der Waals surface area contributed by atoms with Crippen LogP contribution in [-0.2, 0) is 24.4 Å². The third-order valence-electron chi connectivity index (χ3n) is 4.36. The highest BCUT2D eigenvalue weighted by atomic mass is 16.5. The largest absolute Gasteiger partial charge is 0.485 e. The standard InChI is InChI=1S/C19H19N5O2/c1-14-11-15-7-5-6-10-17(15)24(14)19(25)12-23-21-18(20-22-23)13-26-16-8-3-2-4-9-16/h2-10,14H,11-13H2,1H3/t14-/m1/s1. The number of nitrogens with zero attached hydrogens (tertiary/aromatic N) is 5. The molecule has 7 heteroatoms. The molecule has 0 fully saturated rings. The molecule has 0 unspecified atom stereocenters. The minimum atomic E-state index is -0.0459. The van der Waals surface area contributed by atoms with Crippen molar-refractivity contribution >= 4 is 11.6 Å². The maximum atomic E-state index is 12.7. The number of amides is 1. The van der Waals surface area contributed by atoms with E-state index in [1.54, 1.807) is 0 Å². The van der Waals surface area contributed by atoms with E-state index < -0.39 is 0 Å². The lowest BCUT2D eigenvalue weighted by molar-refractivity contribution is -0.119. The van der Waals surface area contributed by atoms with Gasteiger partial charge in [0.25, 0.3) is 5.91 Å². The van der Waals surface area contributed by atoms with Gasteiger partial charge in [-0.2, -0.15) is 4.80 Å². The predicted molar refractivity (Wildman–Crippen MR) is 95.7 cm³/mol. The van der Waals surface area contributed by atoms with Gasteiger partial charge in [-0.05, 0) is 42.3 Å². The van der Waals surface area contributed by atoms with Crippen molar-refractivity contribution in [3.05, 3.63) is 66.0 Å². The molecule has 2 aromatic carbocycles. The van der Waals surface area contributed by atoms with Crippen LogP contribution in [0.1, 0.15) is 18.3 Å². The van der Waals surface area contributed by atoms with Crippen LogP contribution >= 0.6 is 0 Å². The van der Waals surface area contributed by atoms with Crippen LogP contribution in [0.4, 0.5) is 5.69 Å². The Morgan fingerprint density at radius 2 is 1.92 bits per heavy atom. The second kappa shape index (κ2) is 6.95. The van der Waals surface area contributed by atoms with Crippen LogP contribution < -0.4 is 9.64 Å². The zero-order valence-corrected chi connectivity index (χ0v) is 14.4. The molecule has 1 aliphatic rings. The fraction of sp³-hybridized carbons (Fsp3) is 0.263. The first-order valence-corrected chi connectivity index (χ1v) is 8.55. The van der Waals surface area contributed by atoms with Crippen LogP contribution in [0.5, 0.6) is 5.75 Å². The Morgan fingerprint density at radius 3 is 2.77 bits per heavy atom. The second-order valence-corrected chi connectivity index (χ2v) is 6.28. The third-order valence-corrected chi connectivity index (χ3v) is 4.36. The minimum Gasteiger partial charge on any atom is -0.485 e. The zero-order valence-electron chi connectivity index (χ0n) is 14.4. The van der Waals surface area contributed by atoms with E-state index in [0.717, 1.165) is 17.9 Å². The topological polar surface area (TPSA) is 73.1 Å². The normalized spacial score (nSPS) is 15.7. The van der Waals surface area contributed by atoms with Crippen molar-refractivity contribution in [1.29, 1.82) is 0 Å². The number of anilines is 1. The van der Waals surface area contributed by atoms with Crippen LogP contribution in [0.3, 0.4) is 0 Å².